The lowest BCUT2D eigenvalue weighted by Gasteiger charge is -2.23. The van der Waals surface area contributed by atoms with Gasteiger partial charge in [-0.2, -0.15) is 0 Å². The molecule has 1 aromatic carbocycles. The molecule has 0 spiro atoms. The van der Waals surface area contributed by atoms with E-state index in [-0.39, 0.29) is 10.1 Å². The lowest BCUT2D eigenvalue weighted by Crippen LogP contribution is -2.48. The first-order valence-corrected chi connectivity index (χ1v) is 6.89. The van der Waals surface area contributed by atoms with Crippen LogP contribution >= 0.6 is 24.0 Å². The molecule has 104 valence electrons. The molecule has 0 aliphatic carbocycles. The summed E-state index contributed by atoms with van der Waals surface area (Å²) in [5, 5.41) is 20.1. The molecule has 1 aromatic rings. The number of nitrogens with zero attached hydrogens (tertiary/aromatic N) is 1. The van der Waals surface area contributed by atoms with Crippen LogP contribution in [-0.2, 0) is 9.59 Å². The highest BCUT2D eigenvalue weighted by molar-refractivity contribution is 8.26. The normalized spacial score (nSPS) is 18.6. The van der Waals surface area contributed by atoms with E-state index in [1.807, 2.05) is 0 Å². The predicted molar refractivity (Wildman–Crippen MR) is 77.6 cm³/mol. The number of hydrogen-bond donors (Lipinski definition) is 1. The Morgan fingerprint density at radius 2 is 2.05 bits per heavy atom. The van der Waals surface area contributed by atoms with Gasteiger partial charge in [0.05, 0.1) is 16.9 Å². The quantitative estimate of drug-likeness (QED) is 0.655. The van der Waals surface area contributed by atoms with Crippen LogP contribution in [0.1, 0.15) is 12.5 Å². The molecular formula is C13H10NO4S2-. The van der Waals surface area contributed by atoms with Gasteiger partial charge in [-0.05, 0) is 30.7 Å². The Balaban J connectivity index is 2.28. The van der Waals surface area contributed by atoms with Gasteiger partial charge in [-0.1, -0.05) is 36.1 Å². The molecule has 1 aliphatic heterocycles. The number of carboxylic acids is 1. The maximum Gasteiger partial charge on any atom is 0.266 e. The topological polar surface area (TPSA) is 80.7 Å². The SMILES string of the molecule is C[C@@H](C(=O)[O-])N1C(=O)C(=Cc2ccc(O)cc2)SC1=S. The van der Waals surface area contributed by atoms with Gasteiger partial charge in [0.25, 0.3) is 5.91 Å². The van der Waals surface area contributed by atoms with Crippen LogP contribution in [-0.4, -0.2) is 32.2 Å². The molecule has 1 N–H and O–H groups in total. The van der Waals surface area contributed by atoms with Crippen LogP contribution in [0, 0.1) is 0 Å². The third kappa shape index (κ3) is 2.83. The highest BCUT2D eigenvalue weighted by atomic mass is 32.2. The van der Waals surface area contributed by atoms with Crippen molar-refractivity contribution in [2.45, 2.75) is 13.0 Å². The van der Waals surface area contributed by atoms with Gasteiger partial charge in [0, 0.05) is 0 Å². The van der Waals surface area contributed by atoms with E-state index < -0.39 is 17.9 Å². The van der Waals surface area contributed by atoms with Gasteiger partial charge in [-0.25, -0.2) is 0 Å². The highest BCUT2D eigenvalue weighted by Gasteiger charge is 2.35. The summed E-state index contributed by atoms with van der Waals surface area (Å²) in [5.74, 6) is -1.68. The van der Waals surface area contributed by atoms with Crippen molar-refractivity contribution in [2.75, 3.05) is 0 Å². The number of phenolic OH excluding ortho intramolecular Hbond substituents is 1. The number of rotatable bonds is 3. The van der Waals surface area contributed by atoms with Crippen molar-refractivity contribution in [2.24, 2.45) is 0 Å². The molecule has 2 rings (SSSR count). The number of benzene rings is 1. The molecular weight excluding hydrogens is 298 g/mol. The molecule has 20 heavy (non-hydrogen) atoms. The molecule has 5 nitrogen and oxygen atoms in total. The van der Waals surface area contributed by atoms with E-state index in [1.54, 1.807) is 18.2 Å². The van der Waals surface area contributed by atoms with Crippen LogP contribution in [0.4, 0.5) is 0 Å². The fourth-order valence-corrected chi connectivity index (χ4v) is 3.06. The number of thiocarbonyl (C=S) groups is 1. The van der Waals surface area contributed by atoms with E-state index in [9.17, 15) is 19.8 Å². The zero-order valence-corrected chi connectivity index (χ0v) is 12.0. The van der Waals surface area contributed by atoms with Crippen LogP contribution in [0.15, 0.2) is 29.2 Å². The molecule has 1 amide bonds. The second-order valence-corrected chi connectivity index (χ2v) is 5.81. The molecule has 1 aliphatic rings. The summed E-state index contributed by atoms with van der Waals surface area (Å²) in [4.78, 5) is 24.4. The highest BCUT2D eigenvalue weighted by Crippen LogP contribution is 2.33. The van der Waals surface area contributed by atoms with Crippen LogP contribution in [0.5, 0.6) is 5.75 Å². The number of phenols is 1. The van der Waals surface area contributed by atoms with Crippen molar-refractivity contribution in [1.82, 2.24) is 4.90 Å². The number of amides is 1. The van der Waals surface area contributed by atoms with Gasteiger partial charge >= 0.3 is 0 Å². The molecule has 0 bridgehead atoms. The zero-order valence-electron chi connectivity index (χ0n) is 10.4. The molecule has 0 radical (unpaired) electrons. The largest absolute Gasteiger partial charge is 0.548 e. The summed E-state index contributed by atoms with van der Waals surface area (Å²) in [5.41, 5.74) is 0.712. The first-order valence-electron chi connectivity index (χ1n) is 5.67. The van der Waals surface area contributed by atoms with Gasteiger partial charge in [0.15, 0.2) is 0 Å². The fourth-order valence-electron chi connectivity index (χ4n) is 1.64. The minimum Gasteiger partial charge on any atom is -0.548 e. The third-order valence-corrected chi connectivity index (χ3v) is 4.07. The first-order chi connectivity index (χ1) is 9.40. The van der Waals surface area contributed by atoms with E-state index in [1.165, 1.54) is 19.1 Å². The number of hydrogen-bond acceptors (Lipinski definition) is 6. The van der Waals surface area contributed by atoms with E-state index in [4.69, 9.17) is 12.2 Å². The zero-order chi connectivity index (χ0) is 14.9. The number of aliphatic carboxylic acids is 1. The van der Waals surface area contributed by atoms with Crippen molar-refractivity contribution in [1.29, 1.82) is 0 Å². The standard InChI is InChI=1S/C13H11NO4S2/c1-7(12(17)18)14-11(16)10(20-13(14)19)6-8-2-4-9(15)5-3-8/h2-7,15H,1H3,(H,17,18)/p-1/t7-/m0/s1. The summed E-state index contributed by atoms with van der Waals surface area (Å²) in [6.45, 7) is 1.35. The Bertz CT molecular complexity index is 609. The van der Waals surface area contributed by atoms with Crippen LogP contribution in [0.25, 0.3) is 6.08 Å². The van der Waals surface area contributed by atoms with Crippen molar-refractivity contribution in [3.63, 3.8) is 0 Å². The molecule has 0 unspecified atom stereocenters. The molecule has 1 saturated heterocycles. The Hall–Kier alpha value is -1.86. The Morgan fingerprint density at radius 3 is 2.60 bits per heavy atom. The lowest BCUT2D eigenvalue weighted by atomic mass is 10.2. The number of aromatic hydroxyl groups is 1. The Labute approximate surface area is 124 Å². The second kappa shape index (κ2) is 5.64. The molecule has 7 heteroatoms. The minimum absolute atomic E-state index is 0.125. The average Bonchev–Trinajstić information content (AvgIpc) is 2.66. The molecule has 0 saturated carbocycles. The Kier molecular flexibility index (Phi) is 4.10. The third-order valence-electron chi connectivity index (χ3n) is 2.74. The van der Waals surface area contributed by atoms with Crippen molar-refractivity contribution < 1.29 is 19.8 Å². The molecule has 1 fully saturated rings. The van der Waals surface area contributed by atoms with Crippen molar-refractivity contribution in [3.8, 4) is 5.75 Å². The monoisotopic (exact) mass is 308 g/mol. The van der Waals surface area contributed by atoms with Gasteiger partial charge in [-0.3, -0.25) is 9.69 Å². The van der Waals surface area contributed by atoms with Crippen LogP contribution in [0.3, 0.4) is 0 Å². The second-order valence-electron chi connectivity index (χ2n) is 4.14. The lowest BCUT2D eigenvalue weighted by molar-refractivity contribution is -0.309. The van der Waals surface area contributed by atoms with E-state index >= 15 is 0 Å². The van der Waals surface area contributed by atoms with Gasteiger partial charge in [0.1, 0.15) is 10.1 Å². The van der Waals surface area contributed by atoms with E-state index in [0.29, 0.717) is 10.5 Å². The van der Waals surface area contributed by atoms with E-state index in [2.05, 4.69) is 0 Å². The average molecular weight is 308 g/mol. The summed E-state index contributed by atoms with van der Waals surface area (Å²) >= 11 is 6.07. The molecule has 0 aromatic heterocycles. The summed E-state index contributed by atoms with van der Waals surface area (Å²) in [6, 6.07) is 5.18. The predicted octanol–water partition coefficient (Wildman–Crippen LogP) is 0.732. The van der Waals surface area contributed by atoms with Crippen molar-refractivity contribution >= 4 is 46.3 Å². The number of carboxylic acid groups (broad SMARTS) is 1. The fraction of sp³-hybridized carbons (Fsp3) is 0.154. The maximum atomic E-state index is 12.1. The van der Waals surface area contributed by atoms with Crippen molar-refractivity contribution in [3.05, 3.63) is 34.7 Å². The van der Waals surface area contributed by atoms with Crippen LogP contribution in [0.2, 0.25) is 0 Å². The minimum atomic E-state index is -1.35. The number of carbonyl (C=O) groups is 2. The first kappa shape index (κ1) is 14.5. The Morgan fingerprint density at radius 1 is 1.45 bits per heavy atom. The molecule has 1 atom stereocenters. The molecule has 1 heterocycles. The van der Waals surface area contributed by atoms with E-state index in [0.717, 1.165) is 16.7 Å². The van der Waals surface area contributed by atoms with Gasteiger partial charge in [0.2, 0.25) is 0 Å². The summed E-state index contributed by atoms with van der Waals surface area (Å²) in [7, 11) is 0. The summed E-state index contributed by atoms with van der Waals surface area (Å²) < 4.78 is 0.191. The van der Waals surface area contributed by atoms with Gasteiger partial charge < -0.3 is 15.0 Å². The smallest absolute Gasteiger partial charge is 0.266 e. The van der Waals surface area contributed by atoms with Gasteiger partial charge in [-0.15, -0.1) is 0 Å². The number of carbonyl (C=O) groups excluding carboxylic acids is 2. The van der Waals surface area contributed by atoms with Crippen LogP contribution < -0.4 is 5.11 Å². The maximum absolute atomic E-state index is 12.1. The summed E-state index contributed by atoms with van der Waals surface area (Å²) in [6.07, 6.45) is 1.60. The number of thioether (sulfide) groups is 1.